The summed E-state index contributed by atoms with van der Waals surface area (Å²) in [6, 6.07) is -52.7. The molecule has 0 aliphatic carbocycles. The maximum absolute atomic E-state index is 9.61. The van der Waals surface area contributed by atoms with E-state index >= 15 is 0 Å². The molecule has 17 aromatic carbocycles. The quantitative estimate of drug-likeness (QED) is 0.149. The van der Waals surface area contributed by atoms with Gasteiger partial charge in [0.05, 0.1) is 76.8 Å². The predicted molar refractivity (Wildman–Crippen MR) is 391 cm³/mol. The molecular weight excluding hydrogens is 1110 g/mol. The summed E-state index contributed by atoms with van der Waals surface area (Å²) in [5, 5.41) is -9.98. The van der Waals surface area contributed by atoms with E-state index in [4.69, 9.17) is 60.9 Å². The molecule has 0 atom stereocenters. The van der Waals surface area contributed by atoms with Gasteiger partial charge in [-0.15, -0.1) is 0 Å². The van der Waals surface area contributed by atoms with Crippen LogP contribution in [0.15, 0.2) is 347 Å². The minimum absolute atomic E-state index is 0.449. The van der Waals surface area contributed by atoms with Gasteiger partial charge < -0.3 is 8.83 Å². The summed E-state index contributed by atoms with van der Waals surface area (Å²) < 4.78 is 513. The maximum Gasteiger partial charge on any atom is 0.143 e. The molecule has 92 heavy (non-hydrogen) atoms. The normalized spacial score (nSPS) is 20.2. The van der Waals surface area contributed by atoms with E-state index in [1.54, 1.807) is 0 Å². The summed E-state index contributed by atoms with van der Waals surface area (Å²) in [5.74, 6) is 0. The van der Waals surface area contributed by atoms with Crippen LogP contribution in [0, 0.1) is 0 Å². The van der Waals surface area contributed by atoms with E-state index in [0.717, 1.165) is 0 Å². The highest BCUT2D eigenvalue weighted by atomic mass is 16.3. The second-order valence-electron chi connectivity index (χ2n) is 19.8. The van der Waals surface area contributed by atoms with Crippen LogP contribution in [0.2, 0.25) is 0 Å². The van der Waals surface area contributed by atoms with Crippen molar-refractivity contribution in [3.63, 3.8) is 0 Å². The lowest BCUT2D eigenvalue weighted by Gasteiger charge is -2.18. The fraction of sp³-hybridized carbons (Fsp3) is 0. The van der Waals surface area contributed by atoms with Gasteiger partial charge in [0.25, 0.3) is 0 Å². The Bertz CT molecular complexity index is 9370. The van der Waals surface area contributed by atoms with E-state index in [2.05, 4.69) is 0 Å². The van der Waals surface area contributed by atoms with Gasteiger partial charge in [0.15, 0.2) is 0 Å². The fourth-order valence-electron chi connectivity index (χ4n) is 11.0. The van der Waals surface area contributed by atoms with Crippen molar-refractivity contribution >= 4 is 109 Å². The molecule has 2 aromatic heterocycles. The van der Waals surface area contributed by atoms with Crippen LogP contribution in [-0.2, 0) is 0 Å². The summed E-state index contributed by atoms with van der Waals surface area (Å²) in [7, 11) is 0. The topological polar surface area (TPSA) is 26.3 Å². The Hall–Kier alpha value is -12.1. The van der Waals surface area contributed by atoms with Gasteiger partial charge in [-0.1, -0.05) is 308 Å². The monoisotopic (exact) mass is 1220 g/mol. The first-order valence-corrected chi connectivity index (χ1v) is 27.1. The Morgan fingerprint density at radius 3 is 0.891 bits per heavy atom. The van der Waals surface area contributed by atoms with Gasteiger partial charge in [0.2, 0.25) is 0 Å². The van der Waals surface area contributed by atoms with E-state index in [1.807, 2.05) is 0 Å². The second-order valence-corrected chi connectivity index (χ2v) is 19.8. The van der Waals surface area contributed by atoms with Crippen LogP contribution >= 0.6 is 0 Å². The molecule has 0 saturated heterocycles. The summed E-state index contributed by atoms with van der Waals surface area (Å²) >= 11 is 0. The van der Waals surface area contributed by atoms with Gasteiger partial charge in [-0.2, -0.15) is 0 Å². The van der Waals surface area contributed by atoms with Crippen molar-refractivity contribution < 1.29 is 85.6 Å². The van der Waals surface area contributed by atoms with Crippen molar-refractivity contribution in [1.29, 1.82) is 0 Å². The Morgan fingerprint density at radius 2 is 0.478 bits per heavy atom. The largest absolute Gasteiger partial charge is 0.455 e. The first kappa shape index (κ1) is 21.3. The number of rotatable bonds is 7. The zero-order valence-electron chi connectivity index (χ0n) is 102. The predicted octanol–water partition coefficient (Wildman–Crippen LogP) is 25.8. The molecule has 0 bridgehead atoms. The van der Waals surface area contributed by atoms with E-state index in [0.29, 0.717) is 0 Å². The molecular formula is C90H56O2. The van der Waals surface area contributed by atoms with Crippen LogP contribution in [0.25, 0.3) is 186 Å². The van der Waals surface area contributed by atoms with Crippen LogP contribution in [-0.4, -0.2) is 0 Å². The highest BCUT2D eigenvalue weighted by Gasteiger charge is 2.24. The highest BCUT2D eigenvalue weighted by molar-refractivity contribution is 6.29. The standard InChI is InChI=1S/C48H30O.C42H26O/c1-2-11-31(12-3-1)32-21-23-33(24-22-32)34-25-27-36(28-26-34)45-38-15-6-8-17-40(38)46(41-18-9-7-16-39(41)45)42-19-10-20-44-47(42)43-30-29-35-13-4-5-14-37(35)48(43)49-44;1-2-12-27(13-3-1)29-15-10-16-30(26-29)39-32-18-6-8-20-34(32)40(35-21-9-7-19-33(35)39)36-22-11-23-38-41(36)37-25-24-28-14-4-5-17-31(28)42(37)43-38/h1-30H;1-26H/i1D,2D,3D,4D,5D,6D,7D,8D,9D,10D,11D,12D,13D,14D,15D,16D,17D,18D,19D,20D,21D,22D,23D,24D,25D,26D,27D,28D,29D,30D;1D,2D,3D,4D,5D,6D,7D,8D,9D,10D,11D,12D,13D,14D,15D,16D,17D,18D,19D,20D,21D,22D,23D,24D,25D,26D. The molecule has 0 aliphatic rings. The molecule has 0 spiro atoms. The van der Waals surface area contributed by atoms with Crippen LogP contribution in [0.1, 0.15) is 76.8 Å². The van der Waals surface area contributed by atoms with Crippen molar-refractivity contribution in [2.24, 2.45) is 0 Å². The molecule has 428 valence electrons. The summed E-state index contributed by atoms with van der Waals surface area (Å²) in [4.78, 5) is 0. The van der Waals surface area contributed by atoms with E-state index in [-0.39, 0.29) is 0 Å². The number of hydrogen-bond acceptors (Lipinski definition) is 2. The minimum atomic E-state index is -1.15. The number of fused-ring (bicyclic) bond motifs is 14. The molecule has 2 heteroatoms. The first-order chi connectivity index (χ1) is 69.0. The van der Waals surface area contributed by atoms with Gasteiger partial charge in [-0.3, -0.25) is 0 Å². The van der Waals surface area contributed by atoms with E-state index in [9.17, 15) is 24.7 Å². The highest BCUT2D eigenvalue weighted by Crippen LogP contribution is 2.50. The van der Waals surface area contributed by atoms with Crippen molar-refractivity contribution in [2.75, 3.05) is 0 Å². The lowest BCUT2D eigenvalue weighted by molar-refractivity contribution is 0.672. The number of benzene rings is 17. The molecule has 19 aromatic rings. The van der Waals surface area contributed by atoms with Crippen LogP contribution in [0.5, 0.6) is 0 Å². The molecule has 2 heterocycles. The van der Waals surface area contributed by atoms with Crippen LogP contribution in [0.4, 0.5) is 0 Å². The summed E-state index contributed by atoms with van der Waals surface area (Å²) in [6.07, 6.45) is 0. The molecule has 0 N–H and O–H groups in total. The third-order valence-corrected chi connectivity index (χ3v) is 14.9. The second kappa shape index (κ2) is 21.9. The number of hydrogen-bond donors (Lipinski definition) is 0. The Balaban J connectivity index is 0.000000195. The zero-order chi connectivity index (χ0) is 109. The molecule has 0 amide bonds. The van der Waals surface area contributed by atoms with Gasteiger partial charge in [0, 0.05) is 32.3 Å². The maximum atomic E-state index is 9.61. The molecule has 0 aliphatic heterocycles. The molecule has 0 fully saturated rings. The molecule has 19 rings (SSSR count). The average molecular weight is 1230 g/mol. The van der Waals surface area contributed by atoms with Gasteiger partial charge in [0.1, 0.15) is 22.3 Å². The Labute approximate surface area is 610 Å². The summed E-state index contributed by atoms with van der Waals surface area (Å²) in [6.45, 7) is 0. The fourth-order valence-corrected chi connectivity index (χ4v) is 11.0. The third-order valence-electron chi connectivity index (χ3n) is 14.9. The van der Waals surface area contributed by atoms with Gasteiger partial charge in [-0.05, 0) is 162 Å². The van der Waals surface area contributed by atoms with Gasteiger partial charge >= 0.3 is 0 Å². The lowest BCUT2D eigenvalue weighted by atomic mass is 9.84. The van der Waals surface area contributed by atoms with E-state index in [1.165, 1.54) is 0 Å². The lowest BCUT2D eigenvalue weighted by Crippen LogP contribution is -1.91. The average Bonchev–Trinajstić information content (AvgIpc) is 1.33. The Kier molecular flexibility index (Phi) is 5.06. The van der Waals surface area contributed by atoms with E-state index < -0.39 is 525 Å². The smallest absolute Gasteiger partial charge is 0.143 e. The number of furan rings is 2. The van der Waals surface area contributed by atoms with Crippen LogP contribution in [0.3, 0.4) is 0 Å². The van der Waals surface area contributed by atoms with Crippen molar-refractivity contribution in [3.8, 4) is 77.9 Å². The van der Waals surface area contributed by atoms with Crippen molar-refractivity contribution in [2.45, 2.75) is 0 Å². The zero-order valence-corrected chi connectivity index (χ0v) is 45.8. The summed E-state index contributed by atoms with van der Waals surface area (Å²) in [5.41, 5.74) is -13.3. The first-order valence-electron chi connectivity index (χ1n) is 55.1. The Morgan fingerprint density at radius 1 is 0.185 bits per heavy atom. The molecule has 0 saturated carbocycles. The van der Waals surface area contributed by atoms with Crippen molar-refractivity contribution in [3.05, 3.63) is 338 Å². The third kappa shape index (κ3) is 8.72. The van der Waals surface area contributed by atoms with Crippen molar-refractivity contribution in [1.82, 2.24) is 0 Å². The molecule has 0 radical (unpaired) electrons. The SMILES string of the molecule is [2H]c1c([2H])c([2H])c(-c2c([2H])c([2H])c(-c3c([2H])c([2H])c(-c4c5c([2H])c([2H])c([2H])c([2H])c5c(-c5c([2H])c([2H])c([2H])c6oc7c8c([2H])c([2H])c([2H])c([2H])c8c([2H])c([2H])c7c56)c5c([2H])c([2H])c([2H])c([2H])c45)c([2H])c3[2H])c([2H])c2[2H])c([2H])c1[2H].[2H]c1c([2H])c([2H])c(-c2c([2H])c([2H])c([2H])c(-c3c4c([2H])c([2H])c([2H])c([2H])c4c(-c4c([2H])c([2H])c([2H])c5oc6c7c([2H])c([2H])c([2H])c([2H])c7c([2H])c([2H])c6c45)c4c([2H])c([2H])c([2H])c([2H])c34)c2[2H])c([2H])c1[2H]. The van der Waals surface area contributed by atoms with Gasteiger partial charge in [-0.25, -0.2) is 0 Å². The molecule has 0 unspecified atom stereocenters. The minimum Gasteiger partial charge on any atom is -0.455 e. The van der Waals surface area contributed by atoms with Crippen LogP contribution < -0.4 is 0 Å². The molecule has 2 nitrogen and oxygen atoms in total.